The molecule has 2 aliphatic carbocycles. The molecule has 5 nitrogen and oxygen atoms in total. The summed E-state index contributed by atoms with van der Waals surface area (Å²) < 4.78 is 23.3. The smallest absolute Gasteiger partial charge is 0.230 e. The first-order chi connectivity index (χ1) is 14.1. The molecule has 1 unspecified atom stereocenters. The molecule has 1 aromatic carbocycles. The molecule has 0 aromatic heterocycles. The van der Waals surface area contributed by atoms with Crippen LogP contribution in [0.25, 0.3) is 0 Å². The second kappa shape index (κ2) is 8.88. The van der Waals surface area contributed by atoms with Gasteiger partial charge in [-0.3, -0.25) is 19.6 Å². The first-order valence-electron chi connectivity index (χ1n) is 10.4. The number of amides is 2. The van der Waals surface area contributed by atoms with E-state index in [-0.39, 0.29) is 29.1 Å². The predicted molar refractivity (Wildman–Crippen MR) is 111 cm³/mol. The van der Waals surface area contributed by atoms with Gasteiger partial charge < -0.3 is 4.74 Å². The zero-order valence-electron chi connectivity index (χ0n) is 16.4. The van der Waals surface area contributed by atoms with Crippen molar-refractivity contribution in [3.05, 3.63) is 41.7 Å². The standard InChI is InChI=1S/C22H27FN2O3S/c23-18-8-7-17(13-19(18)28-14-15-5-6-15)22(9-10-22)25-29-11-3-1-2-4-16-12-20(26)24-21(16)27/h1-2,7-8,13,15-16,25H,3-6,9-12,14H2,(H,24,26,27)/b2-1+. The summed E-state index contributed by atoms with van der Waals surface area (Å²) in [4.78, 5) is 22.7. The van der Waals surface area contributed by atoms with Gasteiger partial charge in [0.1, 0.15) is 0 Å². The molecule has 3 aliphatic rings. The highest BCUT2D eigenvalue weighted by Gasteiger charge is 2.44. The molecule has 29 heavy (non-hydrogen) atoms. The monoisotopic (exact) mass is 418 g/mol. The van der Waals surface area contributed by atoms with E-state index in [2.05, 4.69) is 16.1 Å². The van der Waals surface area contributed by atoms with E-state index >= 15 is 0 Å². The van der Waals surface area contributed by atoms with E-state index in [1.807, 2.05) is 18.2 Å². The van der Waals surface area contributed by atoms with E-state index in [1.165, 1.54) is 18.9 Å². The SMILES string of the molecule is O=C1CC(C/C=C/CCSNC2(c3ccc(F)c(OCC4CC4)c3)CC2)C(=O)N1. The van der Waals surface area contributed by atoms with E-state index in [0.717, 1.165) is 30.6 Å². The fraction of sp³-hybridized carbons (Fsp3) is 0.545. The normalized spacial score (nSPS) is 22.9. The van der Waals surface area contributed by atoms with Crippen LogP contribution in [-0.4, -0.2) is 24.2 Å². The predicted octanol–water partition coefficient (Wildman–Crippen LogP) is 3.84. The van der Waals surface area contributed by atoms with Gasteiger partial charge in [0.25, 0.3) is 0 Å². The van der Waals surface area contributed by atoms with Crippen LogP contribution >= 0.6 is 11.9 Å². The Balaban J connectivity index is 1.19. The van der Waals surface area contributed by atoms with Crippen molar-refractivity contribution < 1.29 is 18.7 Å². The number of carbonyl (C=O) groups excluding carboxylic acids is 2. The largest absolute Gasteiger partial charge is 0.490 e. The van der Waals surface area contributed by atoms with Crippen molar-refractivity contribution in [1.82, 2.24) is 10.0 Å². The van der Waals surface area contributed by atoms with Gasteiger partial charge in [0.05, 0.1) is 18.1 Å². The van der Waals surface area contributed by atoms with Crippen LogP contribution < -0.4 is 14.8 Å². The summed E-state index contributed by atoms with van der Waals surface area (Å²) >= 11 is 1.67. The number of ether oxygens (including phenoxy) is 1. The average molecular weight is 419 g/mol. The van der Waals surface area contributed by atoms with Gasteiger partial charge in [0.15, 0.2) is 11.6 Å². The maximum Gasteiger partial charge on any atom is 0.230 e. The Bertz CT molecular complexity index is 805. The summed E-state index contributed by atoms with van der Waals surface area (Å²) in [6.07, 6.45) is 10.3. The van der Waals surface area contributed by atoms with Crippen LogP contribution in [0.3, 0.4) is 0 Å². The zero-order chi connectivity index (χ0) is 20.3. The minimum absolute atomic E-state index is 0.0813. The Morgan fingerprint density at radius 3 is 2.79 bits per heavy atom. The van der Waals surface area contributed by atoms with Crippen molar-refractivity contribution in [2.24, 2.45) is 11.8 Å². The van der Waals surface area contributed by atoms with Gasteiger partial charge in [-0.15, -0.1) is 0 Å². The Kier molecular flexibility index (Phi) is 6.25. The summed E-state index contributed by atoms with van der Waals surface area (Å²) in [5.41, 5.74) is 1.01. The highest BCUT2D eigenvalue weighted by atomic mass is 32.2. The Hall–Kier alpha value is -1.86. The summed E-state index contributed by atoms with van der Waals surface area (Å²) in [6.45, 7) is 0.610. The van der Waals surface area contributed by atoms with E-state index in [1.54, 1.807) is 11.9 Å². The van der Waals surface area contributed by atoms with Crippen LogP contribution in [0.1, 0.15) is 50.5 Å². The lowest BCUT2D eigenvalue weighted by atomic mass is 10.0. The topological polar surface area (TPSA) is 67.4 Å². The number of imide groups is 1. The maximum atomic E-state index is 14.0. The van der Waals surface area contributed by atoms with Crippen LogP contribution in [0.15, 0.2) is 30.4 Å². The van der Waals surface area contributed by atoms with Crippen LogP contribution in [0, 0.1) is 17.7 Å². The Morgan fingerprint density at radius 1 is 1.28 bits per heavy atom. The number of hydrogen-bond donors (Lipinski definition) is 2. The quantitative estimate of drug-likeness (QED) is 0.247. The summed E-state index contributed by atoms with van der Waals surface area (Å²) in [6, 6.07) is 5.22. The molecule has 156 valence electrons. The molecule has 1 atom stereocenters. The lowest BCUT2D eigenvalue weighted by Gasteiger charge is -2.18. The number of hydrogen-bond acceptors (Lipinski definition) is 5. The molecule has 3 fully saturated rings. The van der Waals surface area contributed by atoms with Crippen LogP contribution in [-0.2, 0) is 15.1 Å². The highest BCUT2D eigenvalue weighted by Crippen LogP contribution is 2.48. The van der Waals surface area contributed by atoms with Crippen molar-refractivity contribution in [1.29, 1.82) is 0 Å². The van der Waals surface area contributed by atoms with Crippen molar-refractivity contribution in [3.63, 3.8) is 0 Å². The van der Waals surface area contributed by atoms with E-state index in [4.69, 9.17) is 4.74 Å². The minimum Gasteiger partial charge on any atom is -0.490 e. The lowest BCUT2D eigenvalue weighted by molar-refractivity contribution is -0.125. The number of halogens is 1. The third-order valence-electron chi connectivity index (χ3n) is 5.71. The second-order valence-corrected chi connectivity index (χ2v) is 9.14. The van der Waals surface area contributed by atoms with Gasteiger partial charge in [-0.05, 0) is 62.1 Å². The third kappa shape index (κ3) is 5.39. The molecule has 0 spiro atoms. The summed E-state index contributed by atoms with van der Waals surface area (Å²) in [7, 11) is 0. The Labute approximate surface area is 175 Å². The van der Waals surface area contributed by atoms with Crippen molar-refractivity contribution in [2.75, 3.05) is 12.4 Å². The van der Waals surface area contributed by atoms with Crippen LogP contribution in [0.5, 0.6) is 5.75 Å². The Morgan fingerprint density at radius 2 is 2.10 bits per heavy atom. The van der Waals surface area contributed by atoms with Gasteiger partial charge in [-0.25, -0.2) is 4.39 Å². The van der Waals surface area contributed by atoms with Crippen LogP contribution in [0.4, 0.5) is 4.39 Å². The molecule has 7 heteroatoms. The molecule has 1 aliphatic heterocycles. The van der Waals surface area contributed by atoms with Gasteiger partial charge in [0.2, 0.25) is 11.8 Å². The van der Waals surface area contributed by atoms with Crippen LogP contribution in [0.2, 0.25) is 0 Å². The fourth-order valence-corrected chi connectivity index (χ4v) is 4.42. The molecule has 2 amide bonds. The molecule has 4 rings (SSSR count). The van der Waals surface area contributed by atoms with Gasteiger partial charge in [-0.1, -0.05) is 30.2 Å². The van der Waals surface area contributed by atoms with Crippen molar-refractivity contribution in [2.45, 2.75) is 50.5 Å². The molecule has 2 N–H and O–H groups in total. The van der Waals surface area contributed by atoms with Gasteiger partial charge >= 0.3 is 0 Å². The fourth-order valence-electron chi connectivity index (χ4n) is 3.47. The van der Waals surface area contributed by atoms with E-state index in [9.17, 15) is 14.0 Å². The average Bonchev–Trinajstić information content (AvgIpc) is 3.61. The van der Waals surface area contributed by atoms with E-state index < -0.39 is 0 Å². The molecule has 1 aromatic rings. The molecular formula is C22H27FN2O3S. The van der Waals surface area contributed by atoms with E-state index in [0.29, 0.717) is 31.1 Å². The maximum absolute atomic E-state index is 14.0. The number of rotatable bonds is 11. The second-order valence-electron chi connectivity index (χ2n) is 8.24. The number of carbonyl (C=O) groups is 2. The van der Waals surface area contributed by atoms with Crippen molar-refractivity contribution in [3.8, 4) is 5.75 Å². The number of benzene rings is 1. The molecule has 1 heterocycles. The highest BCUT2D eigenvalue weighted by molar-refractivity contribution is 7.97. The van der Waals surface area contributed by atoms with Crippen molar-refractivity contribution >= 4 is 23.8 Å². The summed E-state index contributed by atoms with van der Waals surface area (Å²) in [5, 5.41) is 2.33. The molecule has 2 saturated carbocycles. The van der Waals surface area contributed by atoms with Gasteiger partial charge in [-0.2, -0.15) is 0 Å². The first-order valence-corrected chi connectivity index (χ1v) is 11.3. The summed E-state index contributed by atoms with van der Waals surface area (Å²) in [5.74, 6) is 1.02. The first kappa shape index (κ1) is 20.4. The molecular weight excluding hydrogens is 391 g/mol. The lowest BCUT2D eigenvalue weighted by Crippen LogP contribution is -2.23. The molecule has 0 radical (unpaired) electrons. The molecule has 1 saturated heterocycles. The molecule has 0 bridgehead atoms. The van der Waals surface area contributed by atoms with Gasteiger partial charge in [0, 0.05) is 12.2 Å². The minimum atomic E-state index is -0.291. The zero-order valence-corrected chi connectivity index (χ0v) is 17.2. The number of allylic oxidation sites excluding steroid dienone is 2. The number of nitrogens with one attached hydrogen (secondary N) is 2. The third-order valence-corrected chi connectivity index (χ3v) is 6.69.